The molecule has 21 heavy (non-hydrogen) atoms. The number of carbonyl (C=O) groups excluding carboxylic acids is 1. The molecule has 2 N–H and O–H groups in total. The molecule has 0 saturated carbocycles. The highest BCUT2D eigenvalue weighted by atomic mass is 16.6. The number of hydrogen-bond acceptors (Lipinski definition) is 4. The Labute approximate surface area is 121 Å². The van der Waals surface area contributed by atoms with Gasteiger partial charge in [-0.15, -0.1) is 0 Å². The Bertz CT molecular complexity index is 671. The molecule has 0 heterocycles. The molecule has 0 aliphatic rings. The lowest BCUT2D eigenvalue weighted by Crippen LogP contribution is -2.18. The lowest BCUT2D eigenvalue weighted by molar-refractivity contribution is -0.384. The number of carbonyl (C=O) groups is 1. The fraction of sp³-hybridized carbons (Fsp3) is 0.133. The quantitative estimate of drug-likeness (QED) is 0.513. The molecule has 1 amide bonds. The van der Waals surface area contributed by atoms with Crippen molar-refractivity contribution >= 4 is 17.3 Å². The summed E-state index contributed by atoms with van der Waals surface area (Å²) in [6, 6.07) is 12.7. The maximum atomic E-state index is 12.1. The Hall–Kier alpha value is -2.89. The van der Waals surface area contributed by atoms with Crippen LogP contribution in [0.15, 0.2) is 48.5 Å². The molecule has 0 aliphatic heterocycles. The zero-order valence-electron chi connectivity index (χ0n) is 11.3. The van der Waals surface area contributed by atoms with Crippen LogP contribution < -0.4 is 5.32 Å². The van der Waals surface area contributed by atoms with Crippen LogP contribution >= 0.6 is 0 Å². The van der Waals surface area contributed by atoms with Gasteiger partial charge in [0.25, 0.3) is 5.69 Å². The molecule has 6 nitrogen and oxygen atoms in total. The Morgan fingerprint density at radius 1 is 1.24 bits per heavy atom. The fourth-order valence-corrected chi connectivity index (χ4v) is 1.87. The molecular weight excluding hydrogens is 272 g/mol. The first-order valence-electron chi connectivity index (χ1n) is 6.32. The van der Waals surface area contributed by atoms with E-state index >= 15 is 0 Å². The maximum absolute atomic E-state index is 12.1. The third-order valence-corrected chi connectivity index (χ3v) is 3.14. The lowest BCUT2D eigenvalue weighted by atomic mass is 10.0. The summed E-state index contributed by atoms with van der Waals surface area (Å²) >= 11 is 0. The number of nitro groups is 1. The number of phenolic OH excluding ortho intramolecular Hbond substituents is 1. The smallest absolute Gasteiger partial charge is 0.273 e. The molecule has 0 spiro atoms. The van der Waals surface area contributed by atoms with Crippen LogP contribution in [0, 0.1) is 10.1 Å². The van der Waals surface area contributed by atoms with Gasteiger partial charge in [-0.1, -0.05) is 30.3 Å². The number of amides is 1. The number of rotatable bonds is 4. The molecule has 0 saturated heterocycles. The second-order valence-electron chi connectivity index (χ2n) is 4.58. The van der Waals surface area contributed by atoms with Crippen molar-refractivity contribution in [3.8, 4) is 5.75 Å². The summed E-state index contributed by atoms with van der Waals surface area (Å²) in [5.41, 5.74) is 0.756. The average Bonchev–Trinajstić information content (AvgIpc) is 2.49. The summed E-state index contributed by atoms with van der Waals surface area (Å²) in [4.78, 5) is 22.1. The summed E-state index contributed by atoms with van der Waals surface area (Å²) in [6.45, 7) is 1.74. The van der Waals surface area contributed by atoms with Crippen molar-refractivity contribution in [2.75, 3.05) is 5.32 Å². The zero-order chi connectivity index (χ0) is 15.4. The molecule has 0 aromatic heterocycles. The van der Waals surface area contributed by atoms with Crippen LogP contribution in [0.5, 0.6) is 5.75 Å². The van der Waals surface area contributed by atoms with E-state index in [1.54, 1.807) is 6.92 Å². The van der Waals surface area contributed by atoms with E-state index in [2.05, 4.69) is 5.32 Å². The van der Waals surface area contributed by atoms with E-state index < -0.39 is 10.8 Å². The molecule has 0 aliphatic carbocycles. The largest absolute Gasteiger partial charge is 0.506 e. The lowest BCUT2D eigenvalue weighted by Gasteiger charge is -2.13. The van der Waals surface area contributed by atoms with Gasteiger partial charge in [0.15, 0.2) is 0 Å². The van der Waals surface area contributed by atoms with Crippen LogP contribution in [0.3, 0.4) is 0 Å². The number of anilines is 1. The number of non-ortho nitro benzene ring substituents is 1. The summed E-state index contributed by atoms with van der Waals surface area (Å²) in [5, 5.41) is 22.9. The van der Waals surface area contributed by atoms with E-state index in [0.29, 0.717) is 0 Å². The van der Waals surface area contributed by atoms with Crippen molar-refractivity contribution in [1.29, 1.82) is 0 Å². The van der Waals surface area contributed by atoms with Crippen molar-refractivity contribution in [1.82, 2.24) is 0 Å². The van der Waals surface area contributed by atoms with E-state index in [1.165, 1.54) is 12.1 Å². The van der Waals surface area contributed by atoms with E-state index in [1.807, 2.05) is 30.3 Å². The minimum atomic E-state index is -0.613. The molecule has 0 fully saturated rings. The monoisotopic (exact) mass is 286 g/mol. The topological polar surface area (TPSA) is 92.5 Å². The second-order valence-corrected chi connectivity index (χ2v) is 4.58. The first-order chi connectivity index (χ1) is 9.99. The molecule has 0 bridgehead atoms. The molecule has 1 atom stereocenters. The number of nitrogens with one attached hydrogen (secondary N) is 1. The van der Waals surface area contributed by atoms with E-state index in [9.17, 15) is 20.0 Å². The Kier molecular flexibility index (Phi) is 4.18. The van der Waals surface area contributed by atoms with Gasteiger partial charge in [0.1, 0.15) is 5.75 Å². The Balaban J connectivity index is 2.15. The minimum Gasteiger partial charge on any atom is -0.506 e. The summed E-state index contributed by atoms with van der Waals surface area (Å²) < 4.78 is 0. The van der Waals surface area contributed by atoms with Crippen molar-refractivity contribution < 1.29 is 14.8 Å². The van der Waals surface area contributed by atoms with Gasteiger partial charge in [0.2, 0.25) is 5.91 Å². The van der Waals surface area contributed by atoms with Crippen molar-refractivity contribution in [2.24, 2.45) is 0 Å². The highest BCUT2D eigenvalue weighted by molar-refractivity contribution is 5.96. The fourth-order valence-electron chi connectivity index (χ4n) is 1.87. The number of benzene rings is 2. The van der Waals surface area contributed by atoms with Gasteiger partial charge in [0.05, 0.1) is 22.6 Å². The molecule has 1 unspecified atom stereocenters. The first-order valence-corrected chi connectivity index (χ1v) is 6.32. The van der Waals surface area contributed by atoms with Crippen molar-refractivity contribution in [2.45, 2.75) is 12.8 Å². The van der Waals surface area contributed by atoms with Gasteiger partial charge in [-0.25, -0.2) is 0 Å². The standard InChI is InChI=1S/C15H14N2O4/c1-10(11-5-3-2-4-6-11)15(19)16-13-8-7-12(17(20)21)9-14(13)18/h2-10,18H,1H3,(H,16,19). The average molecular weight is 286 g/mol. The molecule has 2 aromatic carbocycles. The molecule has 0 radical (unpaired) electrons. The molecule has 2 aromatic rings. The van der Waals surface area contributed by atoms with Gasteiger partial charge in [-0.05, 0) is 18.6 Å². The number of phenols is 1. The Morgan fingerprint density at radius 3 is 2.48 bits per heavy atom. The molecule has 108 valence electrons. The normalized spacial score (nSPS) is 11.7. The SMILES string of the molecule is CC(C(=O)Nc1ccc([N+](=O)[O-])cc1O)c1ccccc1. The second kappa shape index (κ2) is 6.04. The van der Waals surface area contributed by atoms with Crippen LogP contribution in [0.1, 0.15) is 18.4 Å². The maximum Gasteiger partial charge on any atom is 0.273 e. The summed E-state index contributed by atoms with van der Waals surface area (Å²) in [6.07, 6.45) is 0. The van der Waals surface area contributed by atoms with Crippen molar-refractivity contribution in [3.05, 3.63) is 64.2 Å². The van der Waals surface area contributed by atoms with Gasteiger partial charge < -0.3 is 10.4 Å². The van der Waals surface area contributed by atoms with Crippen LogP contribution in [0.4, 0.5) is 11.4 Å². The van der Waals surface area contributed by atoms with Crippen LogP contribution in [0.2, 0.25) is 0 Å². The molecule has 6 heteroatoms. The molecule has 2 rings (SSSR count). The minimum absolute atomic E-state index is 0.147. The van der Waals surface area contributed by atoms with Gasteiger partial charge in [0, 0.05) is 6.07 Å². The molecular formula is C15H14N2O4. The highest BCUT2D eigenvalue weighted by Gasteiger charge is 2.17. The van der Waals surface area contributed by atoms with Crippen molar-refractivity contribution in [3.63, 3.8) is 0 Å². The van der Waals surface area contributed by atoms with Crippen LogP contribution in [-0.4, -0.2) is 15.9 Å². The zero-order valence-corrected chi connectivity index (χ0v) is 11.3. The third kappa shape index (κ3) is 3.36. The highest BCUT2D eigenvalue weighted by Crippen LogP contribution is 2.29. The predicted molar refractivity (Wildman–Crippen MR) is 78.2 cm³/mol. The van der Waals surface area contributed by atoms with Gasteiger partial charge >= 0.3 is 0 Å². The van der Waals surface area contributed by atoms with E-state index in [4.69, 9.17) is 0 Å². The van der Waals surface area contributed by atoms with Crippen LogP contribution in [0.25, 0.3) is 0 Å². The number of nitro benzene ring substituents is 1. The van der Waals surface area contributed by atoms with E-state index in [0.717, 1.165) is 11.6 Å². The number of hydrogen-bond donors (Lipinski definition) is 2. The van der Waals surface area contributed by atoms with E-state index in [-0.39, 0.29) is 23.0 Å². The van der Waals surface area contributed by atoms with Gasteiger partial charge in [-0.2, -0.15) is 0 Å². The van der Waals surface area contributed by atoms with Gasteiger partial charge in [-0.3, -0.25) is 14.9 Å². The third-order valence-electron chi connectivity index (χ3n) is 3.14. The predicted octanol–water partition coefficient (Wildman–Crippen LogP) is 3.04. The summed E-state index contributed by atoms with van der Waals surface area (Å²) in [5.74, 6) is -1.04. The number of aromatic hydroxyl groups is 1. The number of nitrogens with zero attached hydrogens (tertiary/aromatic N) is 1. The Morgan fingerprint density at radius 2 is 1.90 bits per heavy atom. The van der Waals surface area contributed by atoms with Crippen LogP contribution in [-0.2, 0) is 4.79 Å². The summed E-state index contributed by atoms with van der Waals surface area (Å²) in [7, 11) is 0. The first kappa shape index (κ1) is 14.5.